The summed E-state index contributed by atoms with van der Waals surface area (Å²) in [6.07, 6.45) is 7.21. The Balaban J connectivity index is 1.57. The maximum absolute atomic E-state index is 13.7. The standard InChI is InChI=1S/C22H26FN5O2/c1-14(19-10-17(23)3-4-20(19)29-2)30-21-9-15(11-26-22(21)24)16-12-27-28(13-16)18-5-7-25-8-6-18/h3-4,9-14,18,25H,5-8H2,1-2H3,(H2,24,26). The van der Waals surface area contributed by atoms with E-state index in [1.807, 2.05) is 30.1 Å². The maximum Gasteiger partial charge on any atom is 0.166 e. The van der Waals surface area contributed by atoms with E-state index in [0.29, 0.717) is 23.1 Å². The third kappa shape index (κ3) is 4.23. The molecule has 30 heavy (non-hydrogen) atoms. The van der Waals surface area contributed by atoms with E-state index < -0.39 is 6.10 Å². The Morgan fingerprint density at radius 2 is 1.97 bits per heavy atom. The number of nitrogens with two attached hydrogens (primary N) is 1. The molecule has 0 saturated carbocycles. The summed E-state index contributed by atoms with van der Waals surface area (Å²) in [6.45, 7) is 3.82. The molecule has 1 unspecified atom stereocenters. The quantitative estimate of drug-likeness (QED) is 0.643. The number of piperidine rings is 1. The molecular weight excluding hydrogens is 385 g/mol. The molecule has 0 radical (unpaired) electrons. The molecule has 4 rings (SSSR count). The van der Waals surface area contributed by atoms with Crippen molar-refractivity contribution in [3.05, 3.63) is 54.2 Å². The van der Waals surface area contributed by atoms with E-state index in [0.717, 1.165) is 37.1 Å². The van der Waals surface area contributed by atoms with Crippen molar-refractivity contribution < 1.29 is 13.9 Å². The van der Waals surface area contributed by atoms with E-state index in [-0.39, 0.29) is 11.6 Å². The first kappa shape index (κ1) is 20.2. The number of halogens is 1. The molecule has 1 aliphatic heterocycles. The fourth-order valence-corrected chi connectivity index (χ4v) is 3.74. The van der Waals surface area contributed by atoms with E-state index >= 15 is 0 Å². The highest BCUT2D eigenvalue weighted by molar-refractivity contribution is 5.66. The van der Waals surface area contributed by atoms with Gasteiger partial charge in [-0.15, -0.1) is 0 Å². The molecule has 0 aliphatic carbocycles. The van der Waals surface area contributed by atoms with Crippen molar-refractivity contribution in [3.63, 3.8) is 0 Å². The van der Waals surface area contributed by atoms with Gasteiger partial charge in [-0.1, -0.05) is 0 Å². The van der Waals surface area contributed by atoms with Crippen molar-refractivity contribution in [3.8, 4) is 22.6 Å². The number of hydrogen-bond acceptors (Lipinski definition) is 6. The lowest BCUT2D eigenvalue weighted by Crippen LogP contribution is -2.29. The smallest absolute Gasteiger partial charge is 0.166 e. The van der Waals surface area contributed by atoms with Crippen LogP contribution < -0.4 is 20.5 Å². The Morgan fingerprint density at radius 1 is 1.17 bits per heavy atom. The van der Waals surface area contributed by atoms with Gasteiger partial charge in [-0.3, -0.25) is 4.68 Å². The SMILES string of the molecule is COc1ccc(F)cc1C(C)Oc1cc(-c2cnn(C3CCNCC3)c2)cnc1N. The Morgan fingerprint density at radius 3 is 2.73 bits per heavy atom. The summed E-state index contributed by atoms with van der Waals surface area (Å²) in [5.74, 6) is 0.897. The summed E-state index contributed by atoms with van der Waals surface area (Å²) >= 11 is 0. The van der Waals surface area contributed by atoms with Crippen LogP contribution in [0.4, 0.5) is 10.2 Å². The molecule has 2 aromatic heterocycles. The molecule has 0 bridgehead atoms. The molecule has 7 nitrogen and oxygen atoms in total. The number of nitrogens with zero attached hydrogens (tertiary/aromatic N) is 3. The van der Waals surface area contributed by atoms with Gasteiger partial charge in [0.1, 0.15) is 17.7 Å². The lowest BCUT2D eigenvalue weighted by molar-refractivity contribution is 0.221. The zero-order chi connectivity index (χ0) is 21.1. The second-order valence-corrected chi connectivity index (χ2v) is 7.44. The highest BCUT2D eigenvalue weighted by Crippen LogP contribution is 2.34. The second kappa shape index (κ2) is 8.71. The minimum atomic E-state index is -0.479. The van der Waals surface area contributed by atoms with Crippen LogP contribution in [0.2, 0.25) is 0 Å². The number of anilines is 1. The van der Waals surface area contributed by atoms with E-state index in [1.165, 1.54) is 12.1 Å². The first-order valence-corrected chi connectivity index (χ1v) is 10.1. The van der Waals surface area contributed by atoms with Crippen LogP contribution in [0, 0.1) is 5.82 Å². The second-order valence-electron chi connectivity index (χ2n) is 7.44. The van der Waals surface area contributed by atoms with Crippen molar-refractivity contribution in [1.82, 2.24) is 20.1 Å². The lowest BCUT2D eigenvalue weighted by atomic mass is 10.1. The van der Waals surface area contributed by atoms with Gasteiger partial charge in [-0.2, -0.15) is 5.10 Å². The van der Waals surface area contributed by atoms with Crippen LogP contribution in [0.15, 0.2) is 42.9 Å². The topological polar surface area (TPSA) is 87.2 Å². The van der Waals surface area contributed by atoms with Gasteiger partial charge in [0, 0.05) is 29.1 Å². The van der Waals surface area contributed by atoms with Crippen LogP contribution in [-0.2, 0) is 0 Å². The number of methoxy groups -OCH3 is 1. The molecule has 1 atom stereocenters. The number of pyridine rings is 1. The molecule has 8 heteroatoms. The minimum Gasteiger partial charge on any atom is -0.496 e. The molecule has 0 amide bonds. The van der Waals surface area contributed by atoms with Gasteiger partial charge in [0.15, 0.2) is 11.6 Å². The maximum atomic E-state index is 13.7. The van der Waals surface area contributed by atoms with Crippen LogP contribution >= 0.6 is 0 Å². The third-order valence-corrected chi connectivity index (χ3v) is 5.43. The normalized spacial score (nSPS) is 15.7. The van der Waals surface area contributed by atoms with Crippen molar-refractivity contribution >= 4 is 5.82 Å². The van der Waals surface area contributed by atoms with Crippen LogP contribution in [-0.4, -0.2) is 35.0 Å². The highest BCUT2D eigenvalue weighted by atomic mass is 19.1. The van der Waals surface area contributed by atoms with Crippen molar-refractivity contribution in [2.24, 2.45) is 0 Å². The molecule has 1 aliphatic rings. The molecule has 0 spiro atoms. The molecule has 3 aromatic rings. The molecular formula is C22H26FN5O2. The lowest BCUT2D eigenvalue weighted by Gasteiger charge is -2.22. The Hall–Kier alpha value is -3.13. The number of nitrogens with one attached hydrogen (secondary N) is 1. The number of rotatable bonds is 6. The average molecular weight is 411 g/mol. The fraction of sp³-hybridized carbons (Fsp3) is 0.364. The van der Waals surface area contributed by atoms with Gasteiger partial charge in [-0.05, 0) is 57.1 Å². The van der Waals surface area contributed by atoms with Crippen molar-refractivity contribution in [1.29, 1.82) is 0 Å². The van der Waals surface area contributed by atoms with Crippen LogP contribution in [0.3, 0.4) is 0 Å². The fourth-order valence-electron chi connectivity index (χ4n) is 3.74. The van der Waals surface area contributed by atoms with Gasteiger partial charge in [0.05, 0.1) is 19.3 Å². The predicted octanol–water partition coefficient (Wildman–Crippen LogP) is 3.74. The predicted molar refractivity (Wildman–Crippen MR) is 113 cm³/mol. The monoisotopic (exact) mass is 411 g/mol. The van der Waals surface area contributed by atoms with Gasteiger partial charge in [0.25, 0.3) is 0 Å². The van der Waals surface area contributed by atoms with E-state index in [2.05, 4.69) is 15.4 Å². The average Bonchev–Trinajstić information content (AvgIpc) is 3.26. The summed E-state index contributed by atoms with van der Waals surface area (Å²) in [6, 6.07) is 6.58. The van der Waals surface area contributed by atoms with E-state index in [9.17, 15) is 4.39 Å². The molecule has 1 saturated heterocycles. The zero-order valence-electron chi connectivity index (χ0n) is 17.1. The van der Waals surface area contributed by atoms with Gasteiger partial charge in [-0.25, -0.2) is 9.37 Å². The van der Waals surface area contributed by atoms with Gasteiger partial charge in [0.2, 0.25) is 0 Å². The van der Waals surface area contributed by atoms with Gasteiger partial charge < -0.3 is 20.5 Å². The van der Waals surface area contributed by atoms with Crippen LogP contribution in [0.5, 0.6) is 11.5 Å². The zero-order valence-corrected chi connectivity index (χ0v) is 17.1. The Labute approximate surface area is 175 Å². The summed E-state index contributed by atoms with van der Waals surface area (Å²) in [7, 11) is 1.54. The minimum absolute atomic E-state index is 0.270. The number of aromatic nitrogens is 3. The molecule has 1 fully saturated rings. The molecule has 3 heterocycles. The highest BCUT2D eigenvalue weighted by Gasteiger charge is 2.18. The summed E-state index contributed by atoms with van der Waals surface area (Å²) < 4.78 is 27.1. The largest absolute Gasteiger partial charge is 0.496 e. The molecule has 158 valence electrons. The third-order valence-electron chi connectivity index (χ3n) is 5.43. The van der Waals surface area contributed by atoms with Crippen molar-refractivity contribution in [2.75, 3.05) is 25.9 Å². The summed E-state index contributed by atoms with van der Waals surface area (Å²) in [5, 5.41) is 7.91. The van der Waals surface area contributed by atoms with E-state index in [1.54, 1.807) is 19.4 Å². The Bertz CT molecular complexity index is 1020. The molecule has 3 N–H and O–H groups in total. The first-order valence-electron chi connectivity index (χ1n) is 10.1. The number of hydrogen-bond donors (Lipinski definition) is 2. The van der Waals surface area contributed by atoms with Gasteiger partial charge >= 0.3 is 0 Å². The number of benzene rings is 1. The van der Waals surface area contributed by atoms with E-state index in [4.69, 9.17) is 15.2 Å². The van der Waals surface area contributed by atoms with Crippen molar-refractivity contribution in [2.45, 2.75) is 31.9 Å². The number of nitrogen functional groups attached to an aromatic ring is 1. The summed E-state index contributed by atoms with van der Waals surface area (Å²) in [5.41, 5.74) is 8.45. The van der Waals surface area contributed by atoms with Crippen LogP contribution in [0.25, 0.3) is 11.1 Å². The first-order chi connectivity index (χ1) is 14.5. The van der Waals surface area contributed by atoms with Crippen LogP contribution in [0.1, 0.15) is 37.5 Å². The molecule has 1 aromatic carbocycles. The Kier molecular flexibility index (Phi) is 5.85. The summed E-state index contributed by atoms with van der Waals surface area (Å²) in [4.78, 5) is 4.28. The number of ether oxygens (including phenoxy) is 2.